The average Bonchev–Trinajstić information content (AvgIpc) is 2.87. The van der Waals surface area contributed by atoms with Gasteiger partial charge < -0.3 is 9.47 Å². The third-order valence-electron chi connectivity index (χ3n) is 5.48. The largest absolute Gasteiger partial charge is 0.493 e. The lowest BCUT2D eigenvalue weighted by Crippen LogP contribution is -2.50. The van der Waals surface area contributed by atoms with Crippen LogP contribution < -0.4 is 25.4 Å². The third-order valence-corrected chi connectivity index (χ3v) is 6.86. The Bertz CT molecular complexity index is 1410. The van der Waals surface area contributed by atoms with E-state index in [9.17, 15) is 4.79 Å². The molecular weight excluding hydrogens is 563 g/mol. The van der Waals surface area contributed by atoms with Gasteiger partial charge in [0.2, 0.25) is 0 Å². The Hall–Kier alpha value is -3.05. The van der Waals surface area contributed by atoms with Crippen LogP contribution in [0.15, 0.2) is 76.8 Å². The van der Waals surface area contributed by atoms with E-state index in [0.29, 0.717) is 29.0 Å². The Morgan fingerprint density at radius 2 is 1.88 bits per heavy atom. The number of halogens is 1. The number of nitrogens with one attached hydrogen (secondary N) is 1. The highest BCUT2D eigenvalue weighted by atomic mass is 127. The summed E-state index contributed by atoms with van der Waals surface area (Å²) in [6.07, 6.45) is 1.35. The molecule has 0 aliphatic carbocycles. The number of nitrogens with zero attached hydrogens (tertiary/aromatic N) is 3. The molecule has 3 aromatic carbocycles. The van der Waals surface area contributed by atoms with Gasteiger partial charge in [-0.1, -0.05) is 60.3 Å². The monoisotopic (exact) mass is 584 g/mol. The molecule has 0 fully saturated rings. The molecule has 2 aliphatic heterocycles. The topological polar surface area (TPSA) is 75.5 Å². The SMILES string of the molecule is COc1cc(C2N=c3ccccc3=C3C(=O)NC(SC)=NN32)cc(I)c1OCc1ccccc1. The molecule has 172 valence electrons. The minimum Gasteiger partial charge on any atom is -0.493 e. The van der Waals surface area contributed by atoms with E-state index in [-0.39, 0.29) is 5.91 Å². The Balaban J connectivity index is 1.58. The fourth-order valence-electron chi connectivity index (χ4n) is 3.90. The molecule has 0 saturated heterocycles. The molecule has 2 heterocycles. The van der Waals surface area contributed by atoms with Crippen LogP contribution in [0, 0.1) is 3.57 Å². The van der Waals surface area contributed by atoms with E-state index in [1.165, 1.54) is 11.8 Å². The van der Waals surface area contributed by atoms with E-state index in [1.54, 1.807) is 12.1 Å². The first-order valence-corrected chi connectivity index (χ1v) is 12.8. The highest BCUT2D eigenvalue weighted by Crippen LogP contribution is 2.39. The molecule has 7 nitrogen and oxygen atoms in total. The Morgan fingerprint density at radius 1 is 1.12 bits per heavy atom. The van der Waals surface area contributed by atoms with Gasteiger partial charge in [0.25, 0.3) is 5.91 Å². The zero-order valence-corrected chi connectivity index (χ0v) is 21.5. The molecule has 0 radical (unpaired) electrons. The number of carbonyl (C=O) groups excluding carboxylic acids is 1. The Kier molecular flexibility index (Phi) is 6.46. The maximum Gasteiger partial charge on any atom is 0.276 e. The Labute approximate surface area is 214 Å². The van der Waals surface area contributed by atoms with Gasteiger partial charge in [-0.15, -0.1) is 5.10 Å². The molecule has 0 aromatic heterocycles. The number of fused-ring (bicyclic) bond motifs is 2. The van der Waals surface area contributed by atoms with Crippen molar-refractivity contribution in [2.45, 2.75) is 12.8 Å². The molecule has 3 aromatic rings. The van der Waals surface area contributed by atoms with Crippen LogP contribution in [0.25, 0.3) is 5.70 Å². The van der Waals surface area contributed by atoms with E-state index in [4.69, 9.17) is 14.5 Å². The van der Waals surface area contributed by atoms with E-state index in [2.05, 4.69) is 33.0 Å². The second-order valence-corrected chi connectivity index (χ2v) is 9.54. The average molecular weight is 584 g/mol. The number of hydrogen-bond acceptors (Lipinski definition) is 7. The van der Waals surface area contributed by atoms with E-state index < -0.39 is 6.17 Å². The van der Waals surface area contributed by atoms with Crippen molar-refractivity contribution in [1.29, 1.82) is 0 Å². The van der Waals surface area contributed by atoms with Gasteiger partial charge in [-0.25, -0.2) is 5.01 Å². The molecule has 5 rings (SSSR count). The number of rotatable bonds is 5. The van der Waals surface area contributed by atoms with Gasteiger partial charge in [-0.3, -0.25) is 15.1 Å². The molecule has 9 heteroatoms. The van der Waals surface area contributed by atoms with Crippen molar-refractivity contribution < 1.29 is 14.3 Å². The van der Waals surface area contributed by atoms with Crippen molar-refractivity contribution >= 4 is 51.1 Å². The van der Waals surface area contributed by atoms with Crippen molar-refractivity contribution in [2.75, 3.05) is 13.4 Å². The predicted molar refractivity (Wildman–Crippen MR) is 141 cm³/mol. The fraction of sp³-hybridized carbons (Fsp3) is 0.160. The standard InChI is InChI=1S/C25H21IN4O3S/c1-32-20-13-16(12-18(26)22(20)33-14-15-8-4-3-5-9-15)23-27-19-11-7-6-10-17(19)21-24(31)28-25(34-2)29-30(21)23/h3-13,23H,14H2,1-2H3,(H,28,29,31). The van der Waals surface area contributed by atoms with Gasteiger partial charge >= 0.3 is 0 Å². The van der Waals surface area contributed by atoms with Crippen molar-refractivity contribution in [3.05, 3.63) is 92.0 Å². The number of thioether (sulfide) groups is 1. The lowest BCUT2D eigenvalue weighted by molar-refractivity contribution is -0.116. The number of para-hydroxylation sites is 1. The predicted octanol–water partition coefficient (Wildman–Crippen LogP) is 3.38. The lowest BCUT2D eigenvalue weighted by Gasteiger charge is -2.34. The van der Waals surface area contributed by atoms with E-state index >= 15 is 0 Å². The van der Waals surface area contributed by atoms with Crippen LogP contribution >= 0.6 is 34.4 Å². The number of benzene rings is 3. The first-order valence-electron chi connectivity index (χ1n) is 10.5. The fourth-order valence-corrected chi connectivity index (χ4v) is 5.04. The summed E-state index contributed by atoms with van der Waals surface area (Å²) >= 11 is 3.62. The summed E-state index contributed by atoms with van der Waals surface area (Å²) < 4.78 is 12.7. The summed E-state index contributed by atoms with van der Waals surface area (Å²) in [7, 11) is 1.62. The summed E-state index contributed by atoms with van der Waals surface area (Å²) in [6, 6.07) is 21.5. The van der Waals surface area contributed by atoms with Crippen molar-refractivity contribution in [3.63, 3.8) is 0 Å². The number of hydrazone groups is 1. The first-order chi connectivity index (χ1) is 16.6. The zero-order valence-electron chi connectivity index (χ0n) is 18.5. The minimum atomic E-state index is -0.524. The normalized spacial score (nSPS) is 16.6. The highest BCUT2D eigenvalue weighted by molar-refractivity contribution is 14.1. The van der Waals surface area contributed by atoms with Crippen LogP contribution in [0.5, 0.6) is 11.5 Å². The number of hydrogen-bond donors (Lipinski definition) is 1. The zero-order chi connectivity index (χ0) is 23.7. The quantitative estimate of drug-likeness (QED) is 0.466. The van der Waals surface area contributed by atoms with Gasteiger partial charge in [0.15, 0.2) is 22.8 Å². The number of methoxy groups -OCH3 is 1. The van der Waals surface area contributed by atoms with Gasteiger partial charge in [0, 0.05) is 10.8 Å². The molecule has 1 amide bonds. The molecule has 1 unspecified atom stereocenters. The molecule has 2 aliphatic rings. The van der Waals surface area contributed by atoms with Crippen LogP contribution in [-0.4, -0.2) is 29.4 Å². The smallest absolute Gasteiger partial charge is 0.276 e. The molecule has 34 heavy (non-hydrogen) atoms. The lowest BCUT2D eigenvalue weighted by atomic mass is 10.1. The van der Waals surface area contributed by atoms with Gasteiger partial charge in [-0.05, 0) is 52.6 Å². The summed E-state index contributed by atoms with van der Waals surface area (Å²) in [5.41, 5.74) is 2.40. The van der Waals surface area contributed by atoms with Crippen molar-refractivity contribution in [1.82, 2.24) is 10.3 Å². The van der Waals surface area contributed by atoms with Crippen molar-refractivity contribution in [3.8, 4) is 11.5 Å². The molecular formula is C25H21IN4O3S. The molecule has 0 bridgehead atoms. The third kappa shape index (κ3) is 4.25. The van der Waals surface area contributed by atoms with Crippen LogP contribution in [0.1, 0.15) is 17.3 Å². The molecule has 0 saturated carbocycles. The van der Waals surface area contributed by atoms with Crippen LogP contribution in [0.4, 0.5) is 0 Å². The first kappa shape index (κ1) is 22.7. The van der Waals surface area contributed by atoms with Crippen LogP contribution in [0.2, 0.25) is 0 Å². The second kappa shape index (κ2) is 9.67. The van der Waals surface area contributed by atoms with E-state index in [1.807, 2.05) is 73.0 Å². The van der Waals surface area contributed by atoms with Crippen molar-refractivity contribution in [2.24, 2.45) is 10.1 Å². The number of ether oxygens (including phenoxy) is 2. The highest BCUT2D eigenvalue weighted by Gasteiger charge is 2.34. The van der Waals surface area contributed by atoms with Crippen LogP contribution in [-0.2, 0) is 11.4 Å². The summed E-state index contributed by atoms with van der Waals surface area (Å²) in [4.78, 5) is 18.0. The maximum atomic E-state index is 13.0. The van der Waals surface area contributed by atoms with Gasteiger partial charge in [-0.2, -0.15) is 0 Å². The summed E-state index contributed by atoms with van der Waals surface area (Å²) in [5, 5.41) is 11.3. The second-order valence-electron chi connectivity index (χ2n) is 7.58. The maximum absolute atomic E-state index is 13.0. The van der Waals surface area contributed by atoms with E-state index in [0.717, 1.165) is 25.3 Å². The summed E-state index contributed by atoms with van der Waals surface area (Å²) in [6.45, 7) is 0.430. The summed E-state index contributed by atoms with van der Waals surface area (Å²) in [5.74, 6) is 1.07. The Morgan fingerprint density at radius 3 is 2.65 bits per heavy atom. The molecule has 0 spiro atoms. The molecule has 1 N–H and O–H groups in total. The number of amidine groups is 1. The number of carbonyl (C=O) groups is 1. The minimum absolute atomic E-state index is 0.198. The van der Waals surface area contributed by atoms with Gasteiger partial charge in [0.05, 0.1) is 16.0 Å². The molecule has 1 atom stereocenters. The van der Waals surface area contributed by atoms with Crippen LogP contribution in [0.3, 0.4) is 0 Å². The number of amides is 1. The van der Waals surface area contributed by atoms with Gasteiger partial charge in [0.1, 0.15) is 12.3 Å².